The van der Waals surface area contributed by atoms with Crippen LogP contribution in [0.2, 0.25) is 0 Å². The topological polar surface area (TPSA) is 115 Å². The SMILES string of the molecule is CC[C@H]1CCCCN1S(=O)(=O)c1ccc(C(=O)Nc2nnc(Cc3ccc(OC)cc3)o2)cc1. The molecule has 0 saturated carbocycles. The molecule has 1 aromatic heterocycles. The molecule has 0 aliphatic carbocycles. The Kier molecular flexibility index (Phi) is 7.28. The van der Waals surface area contributed by atoms with Crippen LogP contribution in [-0.4, -0.2) is 48.5 Å². The second-order valence-electron chi connectivity index (χ2n) is 8.18. The van der Waals surface area contributed by atoms with Crippen LogP contribution >= 0.6 is 0 Å². The lowest BCUT2D eigenvalue weighted by Crippen LogP contribution is -2.43. The smallest absolute Gasteiger partial charge is 0.322 e. The van der Waals surface area contributed by atoms with Crippen molar-refractivity contribution in [2.24, 2.45) is 0 Å². The minimum Gasteiger partial charge on any atom is -0.497 e. The maximum atomic E-state index is 13.1. The summed E-state index contributed by atoms with van der Waals surface area (Å²) in [6.07, 6.45) is 3.97. The third-order valence-corrected chi connectivity index (χ3v) is 7.94. The summed E-state index contributed by atoms with van der Waals surface area (Å²) >= 11 is 0. The summed E-state index contributed by atoms with van der Waals surface area (Å²) in [5.74, 6) is 0.643. The summed E-state index contributed by atoms with van der Waals surface area (Å²) in [5.41, 5.74) is 1.25. The van der Waals surface area contributed by atoms with Gasteiger partial charge < -0.3 is 9.15 Å². The van der Waals surface area contributed by atoms with Crippen molar-refractivity contribution in [2.45, 2.75) is 50.0 Å². The van der Waals surface area contributed by atoms with Crippen LogP contribution in [0, 0.1) is 0 Å². The fraction of sp³-hybridized carbons (Fsp3) is 0.375. The first-order chi connectivity index (χ1) is 16.4. The van der Waals surface area contributed by atoms with Crippen molar-refractivity contribution in [3.05, 3.63) is 65.5 Å². The summed E-state index contributed by atoms with van der Waals surface area (Å²) in [4.78, 5) is 12.8. The molecule has 1 aliphatic heterocycles. The van der Waals surface area contributed by atoms with Gasteiger partial charge in [0.2, 0.25) is 15.9 Å². The van der Waals surface area contributed by atoms with Gasteiger partial charge >= 0.3 is 6.01 Å². The number of ether oxygens (including phenoxy) is 1. The van der Waals surface area contributed by atoms with Crippen molar-refractivity contribution in [1.29, 1.82) is 0 Å². The van der Waals surface area contributed by atoms with E-state index in [0.717, 1.165) is 37.0 Å². The lowest BCUT2D eigenvalue weighted by atomic mass is 10.0. The number of nitrogens with zero attached hydrogens (tertiary/aromatic N) is 3. The van der Waals surface area contributed by atoms with E-state index in [1.807, 2.05) is 31.2 Å². The van der Waals surface area contributed by atoms with Gasteiger partial charge in [-0.25, -0.2) is 8.42 Å². The predicted molar refractivity (Wildman–Crippen MR) is 126 cm³/mol. The maximum Gasteiger partial charge on any atom is 0.322 e. The van der Waals surface area contributed by atoms with Gasteiger partial charge in [0.15, 0.2) is 0 Å². The van der Waals surface area contributed by atoms with Gasteiger partial charge in [-0.05, 0) is 61.2 Å². The molecule has 1 N–H and O–H groups in total. The minimum absolute atomic E-state index is 0.0198. The highest BCUT2D eigenvalue weighted by Gasteiger charge is 2.32. The molecule has 2 aromatic carbocycles. The first kappa shape index (κ1) is 23.9. The fourth-order valence-electron chi connectivity index (χ4n) is 4.07. The minimum atomic E-state index is -3.60. The number of hydrogen-bond acceptors (Lipinski definition) is 7. The number of piperidine rings is 1. The average Bonchev–Trinajstić information content (AvgIpc) is 3.31. The van der Waals surface area contributed by atoms with E-state index in [9.17, 15) is 13.2 Å². The molecular formula is C24H28N4O5S. The maximum absolute atomic E-state index is 13.1. The Morgan fingerprint density at radius 1 is 1.12 bits per heavy atom. The zero-order valence-electron chi connectivity index (χ0n) is 19.2. The number of benzene rings is 2. The quantitative estimate of drug-likeness (QED) is 0.516. The fourth-order valence-corrected chi connectivity index (χ4v) is 5.84. The van der Waals surface area contributed by atoms with Gasteiger partial charge in [0.25, 0.3) is 5.91 Å². The van der Waals surface area contributed by atoms with Gasteiger partial charge in [0.05, 0.1) is 18.4 Å². The van der Waals surface area contributed by atoms with Crippen LogP contribution in [-0.2, 0) is 16.4 Å². The molecule has 1 atom stereocenters. The first-order valence-electron chi connectivity index (χ1n) is 11.3. The lowest BCUT2D eigenvalue weighted by molar-refractivity contribution is 0.102. The van der Waals surface area contributed by atoms with Crippen LogP contribution < -0.4 is 10.1 Å². The van der Waals surface area contributed by atoms with E-state index in [2.05, 4.69) is 15.5 Å². The molecule has 1 fully saturated rings. The van der Waals surface area contributed by atoms with Crippen molar-refractivity contribution in [1.82, 2.24) is 14.5 Å². The van der Waals surface area contributed by atoms with Gasteiger partial charge in [-0.2, -0.15) is 4.31 Å². The van der Waals surface area contributed by atoms with E-state index in [0.29, 0.717) is 24.4 Å². The predicted octanol–water partition coefficient (Wildman–Crippen LogP) is 3.87. The number of methoxy groups -OCH3 is 1. The van der Waals surface area contributed by atoms with Crippen molar-refractivity contribution in [3.63, 3.8) is 0 Å². The lowest BCUT2D eigenvalue weighted by Gasteiger charge is -2.34. The molecule has 1 aliphatic rings. The molecule has 3 aromatic rings. The Balaban J connectivity index is 1.40. The zero-order valence-corrected chi connectivity index (χ0v) is 20.0. The highest BCUT2D eigenvalue weighted by molar-refractivity contribution is 7.89. The molecule has 0 unspecified atom stereocenters. The molecule has 0 radical (unpaired) electrons. The van der Waals surface area contributed by atoms with E-state index in [4.69, 9.17) is 9.15 Å². The van der Waals surface area contributed by atoms with Crippen molar-refractivity contribution >= 4 is 21.9 Å². The number of anilines is 1. The van der Waals surface area contributed by atoms with Crippen LogP contribution in [0.1, 0.15) is 54.4 Å². The number of aromatic nitrogens is 2. The molecule has 0 spiro atoms. The van der Waals surface area contributed by atoms with Crippen LogP contribution in [0.25, 0.3) is 0 Å². The van der Waals surface area contributed by atoms with Crippen molar-refractivity contribution in [2.75, 3.05) is 19.0 Å². The Morgan fingerprint density at radius 2 is 1.85 bits per heavy atom. The summed E-state index contributed by atoms with van der Waals surface area (Å²) in [5, 5.41) is 10.4. The van der Waals surface area contributed by atoms with Crippen LogP contribution in [0.3, 0.4) is 0 Å². The molecule has 0 bridgehead atoms. The van der Waals surface area contributed by atoms with E-state index in [1.165, 1.54) is 24.3 Å². The van der Waals surface area contributed by atoms with Crippen molar-refractivity contribution < 1.29 is 22.4 Å². The Hall–Kier alpha value is -3.24. The number of sulfonamides is 1. The summed E-state index contributed by atoms with van der Waals surface area (Å²) in [6.45, 7) is 2.53. The Bertz CT molecular complexity index is 1220. The largest absolute Gasteiger partial charge is 0.497 e. The third-order valence-electron chi connectivity index (χ3n) is 5.97. The van der Waals surface area contributed by atoms with E-state index in [1.54, 1.807) is 11.4 Å². The summed E-state index contributed by atoms with van der Waals surface area (Å²) < 4.78 is 38.5. The molecule has 2 heterocycles. The monoisotopic (exact) mass is 484 g/mol. The summed E-state index contributed by atoms with van der Waals surface area (Å²) in [6, 6.07) is 13.4. The normalized spacial score (nSPS) is 16.8. The Morgan fingerprint density at radius 3 is 2.53 bits per heavy atom. The standard InChI is InChI=1S/C24H28N4O5S/c1-3-19-6-4-5-15-28(19)34(30,31)21-13-9-18(10-14-21)23(29)25-24-27-26-22(33-24)16-17-7-11-20(32-2)12-8-17/h7-14,19H,3-6,15-16H2,1-2H3,(H,25,27,29)/t19-/m0/s1. The third kappa shape index (κ3) is 5.28. The molecular weight excluding hydrogens is 456 g/mol. The van der Waals surface area contributed by atoms with E-state index in [-0.39, 0.29) is 17.0 Å². The van der Waals surface area contributed by atoms with Crippen LogP contribution in [0.15, 0.2) is 57.8 Å². The van der Waals surface area contributed by atoms with Crippen LogP contribution in [0.4, 0.5) is 6.01 Å². The molecule has 1 amide bonds. The number of carbonyl (C=O) groups is 1. The van der Waals surface area contributed by atoms with Crippen LogP contribution in [0.5, 0.6) is 5.75 Å². The van der Waals surface area contributed by atoms with Gasteiger partial charge in [0, 0.05) is 18.2 Å². The van der Waals surface area contributed by atoms with Gasteiger partial charge in [-0.3, -0.25) is 10.1 Å². The average molecular weight is 485 g/mol. The van der Waals surface area contributed by atoms with Gasteiger partial charge in [-0.1, -0.05) is 30.6 Å². The second-order valence-corrected chi connectivity index (χ2v) is 10.1. The number of amides is 1. The zero-order chi connectivity index (χ0) is 24.1. The Labute approximate surface area is 199 Å². The van der Waals surface area contributed by atoms with E-state index < -0.39 is 15.9 Å². The van der Waals surface area contributed by atoms with Gasteiger partial charge in [0.1, 0.15) is 5.75 Å². The molecule has 180 valence electrons. The number of nitrogens with one attached hydrogen (secondary N) is 1. The molecule has 1 saturated heterocycles. The first-order valence-corrected chi connectivity index (χ1v) is 12.7. The molecule has 10 heteroatoms. The number of hydrogen-bond donors (Lipinski definition) is 1. The van der Waals surface area contributed by atoms with E-state index >= 15 is 0 Å². The molecule has 9 nitrogen and oxygen atoms in total. The molecule has 4 rings (SSSR count). The number of rotatable bonds is 8. The van der Waals surface area contributed by atoms with Crippen molar-refractivity contribution in [3.8, 4) is 5.75 Å². The molecule has 34 heavy (non-hydrogen) atoms. The highest BCUT2D eigenvalue weighted by Crippen LogP contribution is 2.27. The summed E-state index contributed by atoms with van der Waals surface area (Å²) in [7, 11) is -2.00. The number of carbonyl (C=O) groups excluding carboxylic acids is 1. The van der Waals surface area contributed by atoms with Gasteiger partial charge in [-0.15, -0.1) is 5.10 Å². The second kappa shape index (κ2) is 10.4. The highest BCUT2D eigenvalue weighted by atomic mass is 32.2.